The molecule has 11 heavy (non-hydrogen) atoms. The highest BCUT2D eigenvalue weighted by atomic mass is 16.1. The van der Waals surface area contributed by atoms with Gasteiger partial charge in [0.2, 0.25) is 0 Å². The van der Waals surface area contributed by atoms with E-state index in [2.05, 4.69) is 6.58 Å². The maximum Gasteiger partial charge on any atom is 0.158 e. The van der Waals surface area contributed by atoms with E-state index in [1.54, 1.807) is 6.08 Å². The van der Waals surface area contributed by atoms with Crippen LogP contribution in [-0.4, -0.2) is 5.78 Å². The second-order valence-corrected chi connectivity index (χ2v) is 3.29. The van der Waals surface area contributed by atoms with Crippen molar-refractivity contribution < 1.29 is 4.79 Å². The molecule has 0 N–H and O–H groups in total. The van der Waals surface area contributed by atoms with Gasteiger partial charge in [0.15, 0.2) is 5.78 Å². The molecular formula is C10H14O. The third-order valence-electron chi connectivity index (χ3n) is 2.20. The van der Waals surface area contributed by atoms with E-state index in [4.69, 9.17) is 0 Å². The zero-order valence-electron chi connectivity index (χ0n) is 7.18. The Morgan fingerprint density at radius 2 is 2.36 bits per heavy atom. The van der Waals surface area contributed by atoms with Crippen LogP contribution in [-0.2, 0) is 4.79 Å². The topological polar surface area (TPSA) is 17.1 Å². The molecule has 60 valence electrons. The minimum absolute atomic E-state index is 0.220. The standard InChI is InChI=1S/C10H14O/c1-7(2)9-5-4-8(3)10(11)6-9/h6,8H,1,4-5H2,2-3H3/t8-/m0/s1. The fourth-order valence-electron chi connectivity index (χ4n) is 1.24. The van der Waals surface area contributed by atoms with Crippen LogP contribution in [0.3, 0.4) is 0 Å². The van der Waals surface area contributed by atoms with Crippen molar-refractivity contribution >= 4 is 5.78 Å². The summed E-state index contributed by atoms with van der Waals surface area (Å²) in [5, 5.41) is 0. The van der Waals surface area contributed by atoms with E-state index < -0.39 is 0 Å². The van der Waals surface area contributed by atoms with Crippen LogP contribution in [0.25, 0.3) is 0 Å². The largest absolute Gasteiger partial charge is 0.295 e. The van der Waals surface area contributed by atoms with Gasteiger partial charge in [0.25, 0.3) is 0 Å². The SMILES string of the molecule is C=C(C)C1=CC(=O)[C@@H](C)CC1. The predicted octanol–water partition coefficient (Wildman–Crippen LogP) is 2.49. The molecule has 0 aromatic carbocycles. The van der Waals surface area contributed by atoms with Crippen LogP contribution in [0.15, 0.2) is 23.8 Å². The molecule has 0 radical (unpaired) electrons. The second kappa shape index (κ2) is 3.04. The lowest BCUT2D eigenvalue weighted by molar-refractivity contribution is -0.118. The van der Waals surface area contributed by atoms with Gasteiger partial charge >= 0.3 is 0 Å². The van der Waals surface area contributed by atoms with Gasteiger partial charge in [-0.2, -0.15) is 0 Å². The first-order valence-electron chi connectivity index (χ1n) is 4.01. The predicted molar refractivity (Wildman–Crippen MR) is 46.3 cm³/mol. The average Bonchev–Trinajstić information content (AvgIpc) is 1.94. The number of hydrogen-bond acceptors (Lipinski definition) is 1. The molecule has 0 saturated carbocycles. The highest BCUT2D eigenvalue weighted by Crippen LogP contribution is 2.24. The zero-order chi connectivity index (χ0) is 8.43. The number of allylic oxidation sites excluding steroid dienone is 3. The number of hydrogen-bond donors (Lipinski definition) is 0. The summed E-state index contributed by atoms with van der Waals surface area (Å²) in [5.74, 6) is 0.479. The van der Waals surface area contributed by atoms with E-state index in [1.807, 2.05) is 13.8 Å². The molecule has 1 nitrogen and oxygen atoms in total. The Hall–Kier alpha value is -0.850. The van der Waals surface area contributed by atoms with Crippen LogP contribution in [0.1, 0.15) is 26.7 Å². The molecular weight excluding hydrogens is 136 g/mol. The maximum atomic E-state index is 11.2. The van der Waals surface area contributed by atoms with E-state index in [9.17, 15) is 4.79 Å². The van der Waals surface area contributed by atoms with Gasteiger partial charge in [-0.25, -0.2) is 0 Å². The Morgan fingerprint density at radius 3 is 2.82 bits per heavy atom. The highest BCUT2D eigenvalue weighted by molar-refractivity contribution is 5.93. The summed E-state index contributed by atoms with van der Waals surface area (Å²) in [6, 6.07) is 0. The van der Waals surface area contributed by atoms with E-state index in [0.717, 1.165) is 24.0 Å². The van der Waals surface area contributed by atoms with Crippen LogP contribution in [0.2, 0.25) is 0 Å². The zero-order valence-corrected chi connectivity index (χ0v) is 7.18. The van der Waals surface area contributed by atoms with Gasteiger partial charge in [0.05, 0.1) is 0 Å². The number of carbonyl (C=O) groups excluding carboxylic acids is 1. The van der Waals surface area contributed by atoms with E-state index in [-0.39, 0.29) is 11.7 Å². The summed E-state index contributed by atoms with van der Waals surface area (Å²) in [5.41, 5.74) is 2.17. The Morgan fingerprint density at radius 1 is 1.73 bits per heavy atom. The first-order chi connectivity index (χ1) is 5.11. The van der Waals surface area contributed by atoms with Crippen LogP contribution in [0, 0.1) is 5.92 Å². The third kappa shape index (κ3) is 1.79. The first-order valence-corrected chi connectivity index (χ1v) is 4.01. The quantitative estimate of drug-likeness (QED) is 0.561. The number of ketones is 1. The van der Waals surface area contributed by atoms with Gasteiger partial charge in [0, 0.05) is 5.92 Å². The molecule has 0 bridgehead atoms. The average molecular weight is 150 g/mol. The smallest absolute Gasteiger partial charge is 0.158 e. The van der Waals surface area contributed by atoms with Crippen LogP contribution < -0.4 is 0 Å². The summed E-state index contributed by atoms with van der Waals surface area (Å²) < 4.78 is 0. The Labute approximate surface area is 67.8 Å². The summed E-state index contributed by atoms with van der Waals surface area (Å²) >= 11 is 0. The summed E-state index contributed by atoms with van der Waals surface area (Å²) in [4.78, 5) is 11.2. The number of carbonyl (C=O) groups is 1. The summed E-state index contributed by atoms with van der Waals surface area (Å²) in [6.45, 7) is 7.75. The maximum absolute atomic E-state index is 11.2. The van der Waals surface area contributed by atoms with Gasteiger partial charge in [-0.3, -0.25) is 4.79 Å². The fraction of sp³-hybridized carbons (Fsp3) is 0.500. The molecule has 0 saturated heterocycles. The van der Waals surface area contributed by atoms with Crippen molar-refractivity contribution in [2.24, 2.45) is 5.92 Å². The van der Waals surface area contributed by atoms with Crippen LogP contribution >= 0.6 is 0 Å². The lowest BCUT2D eigenvalue weighted by atomic mass is 9.87. The van der Waals surface area contributed by atoms with Crippen molar-refractivity contribution in [3.63, 3.8) is 0 Å². The number of rotatable bonds is 1. The fourth-order valence-corrected chi connectivity index (χ4v) is 1.24. The van der Waals surface area contributed by atoms with Crippen molar-refractivity contribution in [3.05, 3.63) is 23.8 Å². The summed E-state index contributed by atoms with van der Waals surface area (Å²) in [7, 11) is 0. The van der Waals surface area contributed by atoms with Crippen LogP contribution in [0.5, 0.6) is 0 Å². The normalized spacial score (nSPS) is 24.7. The third-order valence-corrected chi connectivity index (χ3v) is 2.20. The monoisotopic (exact) mass is 150 g/mol. The molecule has 1 aliphatic carbocycles. The minimum Gasteiger partial charge on any atom is -0.295 e. The molecule has 0 fully saturated rings. The molecule has 1 atom stereocenters. The molecule has 0 aromatic heterocycles. The highest BCUT2D eigenvalue weighted by Gasteiger charge is 2.17. The molecule has 0 heterocycles. The van der Waals surface area contributed by atoms with E-state index in [1.165, 1.54) is 0 Å². The molecule has 1 aliphatic rings. The second-order valence-electron chi connectivity index (χ2n) is 3.29. The minimum atomic E-state index is 0.220. The van der Waals surface area contributed by atoms with Gasteiger partial charge in [-0.15, -0.1) is 0 Å². The van der Waals surface area contributed by atoms with E-state index >= 15 is 0 Å². The van der Waals surface area contributed by atoms with Gasteiger partial charge < -0.3 is 0 Å². The van der Waals surface area contributed by atoms with Crippen molar-refractivity contribution in [2.45, 2.75) is 26.7 Å². The first kappa shape index (κ1) is 8.25. The van der Waals surface area contributed by atoms with E-state index in [0.29, 0.717) is 0 Å². The molecule has 0 unspecified atom stereocenters. The molecule has 0 spiro atoms. The lowest BCUT2D eigenvalue weighted by Gasteiger charge is -2.16. The molecule has 0 amide bonds. The Kier molecular flexibility index (Phi) is 2.28. The molecule has 0 aromatic rings. The lowest BCUT2D eigenvalue weighted by Crippen LogP contribution is -2.14. The van der Waals surface area contributed by atoms with Crippen LogP contribution in [0.4, 0.5) is 0 Å². The Bertz CT molecular complexity index is 223. The van der Waals surface area contributed by atoms with Crippen molar-refractivity contribution in [2.75, 3.05) is 0 Å². The Balaban J connectivity index is 2.79. The van der Waals surface area contributed by atoms with Crippen molar-refractivity contribution in [1.29, 1.82) is 0 Å². The summed E-state index contributed by atoms with van der Waals surface area (Å²) in [6.07, 6.45) is 3.75. The molecule has 1 rings (SSSR count). The van der Waals surface area contributed by atoms with Gasteiger partial charge in [-0.1, -0.05) is 19.1 Å². The molecule has 1 heteroatoms. The van der Waals surface area contributed by atoms with Gasteiger partial charge in [0.1, 0.15) is 0 Å². The van der Waals surface area contributed by atoms with Crippen molar-refractivity contribution in [1.82, 2.24) is 0 Å². The van der Waals surface area contributed by atoms with Crippen molar-refractivity contribution in [3.8, 4) is 0 Å². The van der Waals surface area contributed by atoms with Gasteiger partial charge in [-0.05, 0) is 31.4 Å². The molecule has 0 aliphatic heterocycles.